The molecule has 0 unspecified atom stereocenters. The molecule has 0 heterocycles. The van der Waals surface area contributed by atoms with Gasteiger partial charge in [0.1, 0.15) is 10.9 Å². The predicted octanol–water partition coefficient (Wildman–Crippen LogP) is 3.87. The van der Waals surface area contributed by atoms with Crippen molar-refractivity contribution in [1.82, 2.24) is 0 Å². The van der Waals surface area contributed by atoms with Gasteiger partial charge in [-0.05, 0) is 33.3 Å². The van der Waals surface area contributed by atoms with Gasteiger partial charge in [0.05, 0.1) is 12.2 Å². The molecule has 0 aliphatic rings. The molecule has 0 N–H and O–H groups in total. The van der Waals surface area contributed by atoms with Gasteiger partial charge in [0, 0.05) is 0 Å². The zero-order valence-corrected chi connectivity index (χ0v) is 13.4. The summed E-state index contributed by atoms with van der Waals surface area (Å²) in [5.74, 6) is -0.305. The van der Waals surface area contributed by atoms with Crippen molar-refractivity contribution < 1.29 is 14.3 Å². The van der Waals surface area contributed by atoms with Crippen LogP contribution in [0.25, 0.3) is 0 Å². The number of hydrogen-bond donors (Lipinski definition) is 0. The Bertz CT molecular complexity index is 398. The minimum Gasteiger partial charge on any atom is -0.465 e. The summed E-state index contributed by atoms with van der Waals surface area (Å²) in [6.07, 6.45) is -0.375. The van der Waals surface area contributed by atoms with Crippen LogP contribution in [0.4, 0.5) is 0 Å². The lowest BCUT2D eigenvalue weighted by atomic mass is 10.0. The predicted molar refractivity (Wildman–Crippen MR) is 79.4 cm³/mol. The highest BCUT2D eigenvalue weighted by atomic mass is 79.9. The van der Waals surface area contributed by atoms with Gasteiger partial charge in [-0.2, -0.15) is 0 Å². The molecule has 4 heteroatoms. The molecule has 0 saturated heterocycles. The van der Waals surface area contributed by atoms with E-state index in [9.17, 15) is 4.79 Å². The lowest BCUT2D eigenvalue weighted by molar-refractivity contribution is -0.148. The summed E-state index contributed by atoms with van der Waals surface area (Å²) in [5, 5.41) is 0. The van der Waals surface area contributed by atoms with E-state index in [2.05, 4.69) is 15.9 Å². The largest absolute Gasteiger partial charge is 0.465 e. The second-order valence-electron chi connectivity index (χ2n) is 5.22. The van der Waals surface area contributed by atoms with Crippen molar-refractivity contribution in [2.45, 2.75) is 44.2 Å². The lowest BCUT2D eigenvalue weighted by Gasteiger charge is -2.30. The van der Waals surface area contributed by atoms with Gasteiger partial charge in [0.25, 0.3) is 0 Å². The number of ether oxygens (including phenoxy) is 2. The molecule has 0 radical (unpaired) electrons. The smallest absolute Gasteiger partial charge is 0.322 e. The van der Waals surface area contributed by atoms with Gasteiger partial charge in [-0.3, -0.25) is 4.79 Å². The maximum Gasteiger partial charge on any atom is 0.322 e. The fraction of sp³-hybridized carbons (Fsp3) is 0.533. The number of rotatable bonds is 5. The Hall–Kier alpha value is -0.870. The highest BCUT2D eigenvalue weighted by Crippen LogP contribution is 2.31. The van der Waals surface area contributed by atoms with Gasteiger partial charge in [-0.15, -0.1) is 0 Å². The van der Waals surface area contributed by atoms with Crippen molar-refractivity contribution in [2.24, 2.45) is 0 Å². The minimum atomic E-state index is -0.519. The van der Waals surface area contributed by atoms with E-state index in [-0.39, 0.29) is 17.7 Å². The molecule has 0 saturated carbocycles. The molecule has 0 amide bonds. The standard InChI is InChI=1S/C15H21BrO3/c1-5-18-14(17)12(16)13(19-15(2,3)4)11-9-7-6-8-10-11/h6-10,12-13H,5H2,1-4H3/t12-,13-/m1/s1. The van der Waals surface area contributed by atoms with E-state index < -0.39 is 4.83 Å². The fourth-order valence-electron chi connectivity index (χ4n) is 1.67. The molecule has 0 spiro atoms. The van der Waals surface area contributed by atoms with Crippen LogP contribution in [0.2, 0.25) is 0 Å². The molecule has 1 aromatic rings. The quantitative estimate of drug-likeness (QED) is 0.608. The monoisotopic (exact) mass is 328 g/mol. The minimum absolute atomic E-state index is 0.305. The summed E-state index contributed by atoms with van der Waals surface area (Å²) in [7, 11) is 0. The van der Waals surface area contributed by atoms with Gasteiger partial charge in [-0.1, -0.05) is 46.3 Å². The third-order valence-electron chi connectivity index (χ3n) is 2.39. The van der Waals surface area contributed by atoms with E-state index >= 15 is 0 Å². The summed E-state index contributed by atoms with van der Waals surface area (Å²) < 4.78 is 11.1. The van der Waals surface area contributed by atoms with Crippen molar-refractivity contribution >= 4 is 21.9 Å². The lowest BCUT2D eigenvalue weighted by Crippen LogP contribution is -2.32. The van der Waals surface area contributed by atoms with Crippen molar-refractivity contribution in [1.29, 1.82) is 0 Å². The molecular weight excluding hydrogens is 308 g/mol. The number of esters is 1. The van der Waals surface area contributed by atoms with Crippen molar-refractivity contribution in [3.8, 4) is 0 Å². The van der Waals surface area contributed by atoms with Gasteiger partial charge in [0.15, 0.2) is 0 Å². The van der Waals surface area contributed by atoms with Crippen LogP contribution in [-0.2, 0) is 14.3 Å². The molecule has 0 fully saturated rings. The maximum absolute atomic E-state index is 11.9. The van der Waals surface area contributed by atoms with Crippen LogP contribution in [0.1, 0.15) is 39.4 Å². The van der Waals surface area contributed by atoms with Gasteiger partial charge < -0.3 is 9.47 Å². The topological polar surface area (TPSA) is 35.5 Å². The molecule has 0 aliphatic heterocycles. The van der Waals surface area contributed by atoms with Crippen molar-refractivity contribution in [2.75, 3.05) is 6.61 Å². The zero-order chi connectivity index (χ0) is 14.5. The van der Waals surface area contributed by atoms with E-state index in [1.54, 1.807) is 6.92 Å². The number of alkyl halides is 1. The van der Waals surface area contributed by atoms with Crippen molar-refractivity contribution in [3.05, 3.63) is 35.9 Å². The summed E-state index contributed by atoms with van der Waals surface area (Å²) in [6.45, 7) is 8.05. The van der Waals surface area contributed by atoms with Crippen LogP contribution in [0.3, 0.4) is 0 Å². The Morgan fingerprint density at radius 2 is 1.84 bits per heavy atom. The molecule has 0 bridgehead atoms. The molecule has 0 aliphatic carbocycles. The van der Waals surface area contributed by atoms with Crippen LogP contribution < -0.4 is 0 Å². The number of carbonyl (C=O) groups is 1. The molecule has 106 valence electrons. The average Bonchev–Trinajstić information content (AvgIpc) is 2.35. The third kappa shape index (κ3) is 5.33. The van der Waals surface area contributed by atoms with Gasteiger partial charge in [-0.25, -0.2) is 0 Å². The van der Waals surface area contributed by atoms with Crippen molar-refractivity contribution in [3.63, 3.8) is 0 Å². The Morgan fingerprint density at radius 1 is 1.26 bits per heavy atom. The Kier molecular flexibility index (Phi) is 6.01. The van der Waals surface area contributed by atoms with E-state index in [1.165, 1.54) is 0 Å². The molecule has 19 heavy (non-hydrogen) atoms. The van der Waals surface area contributed by atoms with E-state index in [4.69, 9.17) is 9.47 Å². The fourth-order valence-corrected chi connectivity index (χ4v) is 2.21. The second kappa shape index (κ2) is 7.06. The summed E-state index contributed by atoms with van der Waals surface area (Å²) >= 11 is 3.40. The third-order valence-corrected chi connectivity index (χ3v) is 3.24. The van der Waals surface area contributed by atoms with Crippen LogP contribution >= 0.6 is 15.9 Å². The first kappa shape index (κ1) is 16.2. The van der Waals surface area contributed by atoms with E-state index in [1.807, 2.05) is 51.1 Å². The van der Waals surface area contributed by atoms with Crippen LogP contribution in [-0.4, -0.2) is 23.0 Å². The Labute approximate surface area is 123 Å². The number of halogens is 1. The summed E-state index contributed by atoms with van der Waals surface area (Å²) in [6, 6.07) is 9.69. The molecule has 1 rings (SSSR count). The van der Waals surface area contributed by atoms with E-state index in [0.717, 1.165) is 5.56 Å². The number of hydrogen-bond acceptors (Lipinski definition) is 3. The number of benzene rings is 1. The van der Waals surface area contributed by atoms with Gasteiger partial charge >= 0.3 is 5.97 Å². The SMILES string of the molecule is CCOC(=O)[C@H](Br)[C@H](OC(C)(C)C)c1ccccc1. The normalized spacial score (nSPS) is 14.8. The maximum atomic E-state index is 11.9. The Morgan fingerprint density at radius 3 is 2.32 bits per heavy atom. The first-order valence-electron chi connectivity index (χ1n) is 6.38. The van der Waals surface area contributed by atoms with Crippen LogP contribution in [0.15, 0.2) is 30.3 Å². The molecule has 3 nitrogen and oxygen atoms in total. The zero-order valence-electron chi connectivity index (χ0n) is 11.9. The summed E-state index contributed by atoms with van der Waals surface area (Å²) in [4.78, 5) is 11.4. The van der Waals surface area contributed by atoms with Gasteiger partial charge in [0.2, 0.25) is 0 Å². The van der Waals surface area contributed by atoms with E-state index in [0.29, 0.717) is 6.61 Å². The highest BCUT2D eigenvalue weighted by molar-refractivity contribution is 9.10. The van der Waals surface area contributed by atoms with Crippen LogP contribution in [0, 0.1) is 0 Å². The number of carbonyl (C=O) groups excluding carboxylic acids is 1. The van der Waals surface area contributed by atoms with Crippen LogP contribution in [0.5, 0.6) is 0 Å². The molecular formula is C15H21BrO3. The second-order valence-corrected chi connectivity index (χ2v) is 6.20. The first-order chi connectivity index (χ1) is 8.85. The molecule has 0 aromatic heterocycles. The highest BCUT2D eigenvalue weighted by Gasteiger charge is 2.32. The average molecular weight is 329 g/mol. The first-order valence-corrected chi connectivity index (χ1v) is 7.30. The Balaban J connectivity index is 2.96. The molecule has 2 atom stereocenters. The summed E-state index contributed by atoms with van der Waals surface area (Å²) in [5.41, 5.74) is 0.603. The molecule has 1 aromatic carbocycles.